The van der Waals surface area contributed by atoms with Crippen LogP contribution in [0.5, 0.6) is 0 Å². The first-order valence-electron chi connectivity index (χ1n) is 13.4. The number of aromatic nitrogens is 3. The van der Waals surface area contributed by atoms with Crippen LogP contribution in [-0.4, -0.2) is 32.6 Å². The Morgan fingerprint density at radius 2 is 2.00 bits per heavy atom. The first-order valence-corrected chi connectivity index (χ1v) is 13.4. The van der Waals surface area contributed by atoms with Crippen molar-refractivity contribution in [1.29, 1.82) is 0 Å². The van der Waals surface area contributed by atoms with Gasteiger partial charge in [0.25, 0.3) is 0 Å². The molecule has 0 radical (unpaired) electrons. The van der Waals surface area contributed by atoms with Gasteiger partial charge in [0.15, 0.2) is 11.6 Å². The number of halogens is 4. The Bertz CT molecular complexity index is 1740. The molecule has 0 amide bonds. The lowest BCUT2D eigenvalue weighted by Gasteiger charge is -2.40. The van der Waals surface area contributed by atoms with Crippen molar-refractivity contribution < 1.29 is 32.2 Å². The van der Waals surface area contributed by atoms with Crippen LogP contribution in [0.3, 0.4) is 0 Å². The summed E-state index contributed by atoms with van der Waals surface area (Å²) in [6.07, 6.45) is 8.52. The lowest BCUT2D eigenvalue weighted by Crippen LogP contribution is -2.34. The van der Waals surface area contributed by atoms with Crippen molar-refractivity contribution in [2.45, 2.75) is 44.4 Å². The van der Waals surface area contributed by atoms with Crippen molar-refractivity contribution in [2.75, 3.05) is 6.61 Å². The summed E-state index contributed by atoms with van der Waals surface area (Å²) in [6.45, 7) is 2.47. The van der Waals surface area contributed by atoms with Gasteiger partial charge in [-0.25, -0.2) is 22.5 Å². The van der Waals surface area contributed by atoms with Gasteiger partial charge in [0, 0.05) is 58.8 Å². The van der Waals surface area contributed by atoms with Crippen LogP contribution in [0.2, 0.25) is 0 Å². The van der Waals surface area contributed by atoms with Crippen LogP contribution in [0.4, 0.5) is 17.6 Å². The van der Waals surface area contributed by atoms with Gasteiger partial charge in [0.2, 0.25) is 0 Å². The van der Waals surface area contributed by atoms with E-state index in [1.807, 2.05) is 19.1 Å². The smallest absolute Gasteiger partial charge is 0.303 e. The number of carbonyl (C=O) groups is 1. The van der Waals surface area contributed by atoms with E-state index < -0.39 is 40.2 Å². The zero-order chi connectivity index (χ0) is 28.9. The second-order valence-corrected chi connectivity index (χ2v) is 10.8. The Balaban J connectivity index is 1.33. The molecule has 2 unspecified atom stereocenters. The molecular formula is C31H27F4N3O3. The molecule has 0 spiro atoms. The highest BCUT2D eigenvalue weighted by Crippen LogP contribution is 2.46. The molecule has 4 aromatic rings. The number of H-pyrrole nitrogens is 2. The molecule has 41 heavy (non-hydrogen) atoms. The van der Waals surface area contributed by atoms with Gasteiger partial charge >= 0.3 is 5.97 Å². The number of nitrogens with zero attached hydrogens (tertiary/aromatic N) is 1. The predicted octanol–water partition coefficient (Wildman–Crippen LogP) is 7.08. The third-order valence-corrected chi connectivity index (χ3v) is 8.26. The van der Waals surface area contributed by atoms with Crippen LogP contribution < -0.4 is 0 Å². The topological polar surface area (TPSA) is 91.0 Å². The van der Waals surface area contributed by atoms with Gasteiger partial charge in [0.1, 0.15) is 23.2 Å². The van der Waals surface area contributed by atoms with Crippen molar-refractivity contribution in [3.05, 3.63) is 100 Å². The van der Waals surface area contributed by atoms with Gasteiger partial charge < -0.3 is 19.8 Å². The summed E-state index contributed by atoms with van der Waals surface area (Å²) in [6, 6.07) is 5.39. The molecule has 6 nitrogen and oxygen atoms in total. The minimum atomic E-state index is -1.29. The molecule has 3 N–H and O–H groups in total. The van der Waals surface area contributed by atoms with Crippen molar-refractivity contribution in [2.24, 2.45) is 5.92 Å². The molecule has 2 aromatic heterocycles. The molecular weight excluding hydrogens is 538 g/mol. The normalized spacial score (nSPS) is 20.4. The van der Waals surface area contributed by atoms with Crippen LogP contribution in [0.15, 0.2) is 60.1 Å². The fourth-order valence-corrected chi connectivity index (χ4v) is 5.93. The highest BCUT2D eigenvalue weighted by Gasteiger charge is 2.40. The molecule has 0 bridgehead atoms. The quantitative estimate of drug-likeness (QED) is 0.165. The molecule has 3 heterocycles. The standard InChI is InChI=1S/C31H27F4N3O3/c1-31(10-12-41-29-17(6-8-24(39)40)3-2-4-21(29)31)23-15-37-30(38-23)19-13-16(5-7-22(19)32)14-20-25(33)18-9-11-36-28(18)27(35)26(20)34/h2,4-5,7,9,11,13,15,17,36H,3,6,8,10,12,14H2,1H3,(H,37,38)(H,39,40). The average molecular weight is 566 g/mol. The number of imidazole rings is 1. The van der Waals surface area contributed by atoms with Gasteiger partial charge in [0.05, 0.1) is 17.7 Å². The molecule has 0 fully saturated rings. The number of hydrogen-bond donors (Lipinski definition) is 3. The molecule has 10 heteroatoms. The summed E-state index contributed by atoms with van der Waals surface area (Å²) in [5.74, 6) is -3.79. The molecule has 2 aliphatic rings. The number of ether oxygens (including phenoxy) is 1. The van der Waals surface area contributed by atoms with Crippen LogP contribution >= 0.6 is 0 Å². The van der Waals surface area contributed by atoms with Crippen molar-refractivity contribution in [3.8, 4) is 11.4 Å². The number of carboxylic acid groups (broad SMARTS) is 1. The van der Waals surface area contributed by atoms with Gasteiger partial charge in [-0.2, -0.15) is 0 Å². The second-order valence-electron chi connectivity index (χ2n) is 10.8. The molecule has 6 rings (SSSR count). The first-order chi connectivity index (χ1) is 19.7. The van der Waals surface area contributed by atoms with E-state index in [0.29, 0.717) is 31.4 Å². The SMILES string of the molecule is CC1(c2cnc(-c3cc(Cc4c(F)c(F)c5[nH]ccc5c4F)ccc3F)[nH]2)CCOC2=C1C=CCC2CCC(=O)O. The van der Waals surface area contributed by atoms with E-state index in [1.165, 1.54) is 30.5 Å². The third kappa shape index (κ3) is 4.61. The minimum Gasteiger partial charge on any atom is -0.497 e. The van der Waals surface area contributed by atoms with E-state index in [4.69, 9.17) is 9.84 Å². The summed E-state index contributed by atoms with van der Waals surface area (Å²) >= 11 is 0. The second kappa shape index (κ2) is 10.2. The molecule has 212 valence electrons. The molecule has 1 aliphatic carbocycles. The van der Waals surface area contributed by atoms with Crippen molar-refractivity contribution >= 4 is 16.9 Å². The number of carboxylic acids is 1. The van der Waals surface area contributed by atoms with E-state index in [-0.39, 0.29) is 41.1 Å². The highest BCUT2D eigenvalue weighted by atomic mass is 19.2. The third-order valence-electron chi connectivity index (χ3n) is 8.26. The van der Waals surface area contributed by atoms with Crippen LogP contribution in [0, 0.1) is 29.2 Å². The van der Waals surface area contributed by atoms with E-state index in [1.54, 1.807) is 6.20 Å². The molecule has 0 saturated carbocycles. The highest BCUT2D eigenvalue weighted by molar-refractivity contribution is 5.82. The van der Waals surface area contributed by atoms with Crippen LogP contribution in [0.1, 0.15) is 49.4 Å². The molecule has 2 aromatic carbocycles. The van der Waals surface area contributed by atoms with E-state index in [0.717, 1.165) is 17.0 Å². The van der Waals surface area contributed by atoms with Crippen molar-refractivity contribution in [3.63, 3.8) is 0 Å². The fraction of sp³-hybridized carbons (Fsp3) is 0.290. The summed E-state index contributed by atoms with van der Waals surface area (Å²) in [4.78, 5) is 21.3. The Hall–Kier alpha value is -4.34. The lowest BCUT2D eigenvalue weighted by atomic mass is 9.71. The summed E-state index contributed by atoms with van der Waals surface area (Å²) < 4.78 is 65.4. The summed E-state index contributed by atoms with van der Waals surface area (Å²) in [7, 11) is 0. The molecule has 0 saturated heterocycles. The molecule has 2 atom stereocenters. The zero-order valence-corrected chi connectivity index (χ0v) is 22.2. The molecule has 1 aliphatic heterocycles. The predicted molar refractivity (Wildman–Crippen MR) is 144 cm³/mol. The Kier molecular flexibility index (Phi) is 6.71. The zero-order valence-electron chi connectivity index (χ0n) is 22.2. The number of nitrogens with one attached hydrogen (secondary N) is 2. The summed E-state index contributed by atoms with van der Waals surface area (Å²) in [5, 5.41) is 9.10. The first kappa shape index (κ1) is 26.9. The van der Waals surface area contributed by atoms with E-state index in [9.17, 15) is 13.6 Å². The minimum absolute atomic E-state index is 0.0403. The Morgan fingerprint density at radius 1 is 1.17 bits per heavy atom. The van der Waals surface area contributed by atoms with Gasteiger partial charge in [-0.15, -0.1) is 0 Å². The number of rotatable bonds is 7. The van der Waals surface area contributed by atoms with E-state index in [2.05, 4.69) is 15.0 Å². The van der Waals surface area contributed by atoms with Crippen molar-refractivity contribution in [1.82, 2.24) is 15.0 Å². The summed E-state index contributed by atoms with van der Waals surface area (Å²) in [5.41, 5.74) is 0.930. The number of aromatic amines is 2. The number of hydrogen-bond acceptors (Lipinski definition) is 3. The maximum absolute atomic E-state index is 15.1. The lowest BCUT2D eigenvalue weighted by molar-refractivity contribution is -0.137. The average Bonchev–Trinajstić information content (AvgIpc) is 3.65. The fourth-order valence-electron chi connectivity index (χ4n) is 5.93. The number of aliphatic carboxylic acids is 1. The van der Waals surface area contributed by atoms with Gasteiger partial charge in [-0.3, -0.25) is 4.79 Å². The Labute approximate surface area is 232 Å². The van der Waals surface area contributed by atoms with Crippen LogP contribution in [-0.2, 0) is 21.4 Å². The number of benzene rings is 2. The van der Waals surface area contributed by atoms with E-state index >= 15 is 8.78 Å². The number of fused-ring (bicyclic) bond motifs is 1. The largest absolute Gasteiger partial charge is 0.497 e. The number of allylic oxidation sites excluding steroid dienone is 4. The Morgan fingerprint density at radius 3 is 2.80 bits per heavy atom. The van der Waals surface area contributed by atoms with Gasteiger partial charge in [-0.05, 0) is 49.9 Å². The maximum atomic E-state index is 15.1. The maximum Gasteiger partial charge on any atom is 0.303 e. The van der Waals surface area contributed by atoms with Crippen LogP contribution in [0.25, 0.3) is 22.3 Å². The monoisotopic (exact) mass is 565 g/mol. The van der Waals surface area contributed by atoms with Gasteiger partial charge in [-0.1, -0.05) is 18.2 Å².